The minimum absolute atomic E-state index is 0.524. The van der Waals surface area contributed by atoms with Gasteiger partial charge in [-0.25, -0.2) is 0 Å². The van der Waals surface area contributed by atoms with E-state index in [0.717, 1.165) is 39.7 Å². The van der Waals surface area contributed by atoms with Crippen molar-refractivity contribution in [1.82, 2.24) is 0 Å². The number of hydrogen-bond acceptors (Lipinski definition) is 2. The van der Waals surface area contributed by atoms with Crippen molar-refractivity contribution in [3.05, 3.63) is 574 Å². The minimum atomic E-state index is -0.685. The zero-order valence-electron chi connectivity index (χ0n) is 70.1. The first-order valence-electron chi connectivity index (χ1n) is 44.8. The van der Waals surface area contributed by atoms with E-state index in [9.17, 15) is 0 Å². The van der Waals surface area contributed by atoms with E-state index in [1.165, 1.54) is 194 Å². The number of rotatable bonds is 12. The van der Waals surface area contributed by atoms with Gasteiger partial charge >= 0.3 is 0 Å². The van der Waals surface area contributed by atoms with E-state index in [1.807, 2.05) is 0 Å². The molecular weight excluding hydrogens is 1540 g/mol. The summed E-state index contributed by atoms with van der Waals surface area (Å²) in [5, 5.41) is 4.87. The predicted molar refractivity (Wildman–Crippen MR) is 529 cm³/mol. The molecule has 0 radical (unpaired) electrons. The molecule has 21 aromatic rings. The molecule has 0 amide bonds. The lowest BCUT2D eigenvalue weighted by atomic mass is 9.67. The summed E-state index contributed by atoms with van der Waals surface area (Å²) in [6, 6.07) is 185. The maximum absolute atomic E-state index is 2.56. The number of fused-ring (bicyclic) bond motifs is 28. The largest absolute Gasteiger partial charge is 0.310 e. The Labute approximate surface area is 745 Å². The Balaban J connectivity index is 0.599. The van der Waals surface area contributed by atoms with Crippen LogP contribution in [0.1, 0.15) is 89.0 Å². The van der Waals surface area contributed by atoms with Crippen LogP contribution < -0.4 is 9.80 Å². The average Bonchev–Trinajstić information content (AvgIpc) is 1.50. The smallest absolute Gasteiger partial charge is 0.0726 e. The molecule has 27 rings (SSSR count). The molecule has 128 heavy (non-hydrogen) atoms. The molecule has 6 aliphatic rings. The van der Waals surface area contributed by atoms with Crippen LogP contribution in [0.15, 0.2) is 485 Å². The second-order valence-corrected chi connectivity index (χ2v) is 35.4. The Bertz CT molecular complexity index is 8110. The monoisotopic (exact) mass is 1620 g/mol. The molecule has 2 spiro atoms. The van der Waals surface area contributed by atoms with Gasteiger partial charge in [-0.05, 0) is 255 Å². The molecule has 0 fully saturated rings. The van der Waals surface area contributed by atoms with Crippen LogP contribution in [0.2, 0.25) is 0 Å². The number of benzene rings is 21. The van der Waals surface area contributed by atoms with Crippen LogP contribution in [0, 0.1) is 0 Å². The SMILES string of the molecule is c1ccc(C2(c3ccc(-c4ccc5c(c4)-c4ccccc4C54c5ccccc5-c5c(N(c6ccc7c(c6)-c6ccccc6C7(c6ccccc6)c6ccccc6)c6ccc7ccccc7c6)cccc54)cc3)c3ccccc3-c3cc(N(c4ccc(-c5cccc6ccccc56)cc4)c4cccc5c4-c4ccccc4C54c5ccccc5-c5ccccc54)ccc32)cc1. The molecule has 6 aliphatic carbocycles. The first-order chi connectivity index (χ1) is 63.5. The van der Waals surface area contributed by atoms with Crippen molar-refractivity contribution in [2.24, 2.45) is 0 Å². The highest BCUT2D eigenvalue weighted by Crippen LogP contribution is 2.69. The summed E-state index contributed by atoms with van der Waals surface area (Å²) in [7, 11) is 0. The third-order valence-electron chi connectivity index (χ3n) is 29.6. The molecule has 0 saturated heterocycles. The Kier molecular flexibility index (Phi) is 15.6. The molecule has 0 saturated carbocycles. The van der Waals surface area contributed by atoms with E-state index in [-0.39, 0.29) is 0 Å². The Morgan fingerprint density at radius 3 is 0.930 bits per heavy atom. The van der Waals surface area contributed by atoms with Crippen LogP contribution in [0.3, 0.4) is 0 Å². The predicted octanol–water partition coefficient (Wildman–Crippen LogP) is 31.7. The molecule has 2 nitrogen and oxygen atoms in total. The lowest BCUT2D eigenvalue weighted by Gasteiger charge is -2.34. The van der Waals surface area contributed by atoms with Crippen molar-refractivity contribution in [3.63, 3.8) is 0 Å². The molecule has 0 aromatic heterocycles. The van der Waals surface area contributed by atoms with Crippen molar-refractivity contribution >= 4 is 55.7 Å². The highest BCUT2D eigenvalue weighted by atomic mass is 15.2. The summed E-state index contributed by atoms with van der Waals surface area (Å²) < 4.78 is 0. The van der Waals surface area contributed by atoms with E-state index < -0.39 is 21.7 Å². The molecule has 0 bridgehead atoms. The molecule has 2 atom stereocenters. The number of anilines is 6. The third kappa shape index (κ3) is 9.75. The quantitative estimate of drug-likeness (QED) is 0.120. The van der Waals surface area contributed by atoms with Gasteiger partial charge in [-0.15, -0.1) is 0 Å². The van der Waals surface area contributed by atoms with Gasteiger partial charge in [-0.2, -0.15) is 0 Å². The molecule has 0 N–H and O–H groups in total. The highest BCUT2D eigenvalue weighted by Gasteiger charge is 2.56. The van der Waals surface area contributed by atoms with Gasteiger partial charge in [0, 0.05) is 33.9 Å². The Hall–Kier alpha value is -16.3. The van der Waals surface area contributed by atoms with Crippen LogP contribution in [-0.4, -0.2) is 0 Å². The van der Waals surface area contributed by atoms with Crippen molar-refractivity contribution in [1.29, 1.82) is 0 Å². The Morgan fingerprint density at radius 2 is 0.438 bits per heavy atom. The number of nitrogens with zero attached hydrogens (tertiary/aromatic N) is 2. The summed E-state index contributed by atoms with van der Waals surface area (Å²) in [6.45, 7) is 0. The van der Waals surface area contributed by atoms with Gasteiger partial charge in [0.1, 0.15) is 0 Å². The molecule has 21 aromatic carbocycles. The zero-order chi connectivity index (χ0) is 84.0. The summed E-state index contributed by atoms with van der Waals surface area (Å²) in [4.78, 5) is 5.12. The standard InChI is InChI=1S/C126H80N2/c1-4-35-87(36-5-1)123(88-37-6-2-7-38-88)107-50-21-16-45-100(107)106-80-94(73-76-114(106)123)128(92-71-63-81-31-10-11-33-85(81)77-92)120-60-30-58-118-122(120)103-48-20-27-56-113(103)126(118)111-54-25-18-44-99(111)104-78-86(66-74-116(104)126)82-61-67-90(68-62-82)124(89-39-8-3-9-40-89)108-51-22-17-46-101(108)105-79-93(72-75-115(105)124)127(91-69-64-84(65-70-91)96-49-28-34-83-32-12-13-41-95(83)96)119-59-29-57-117-121(119)102-47-19-26-55-112(102)125(117)109-52-23-14-42-97(109)98-43-15-24-53-110(98)125/h1-80H. The van der Waals surface area contributed by atoms with E-state index in [0.29, 0.717) is 0 Å². The first kappa shape index (κ1) is 72.2. The maximum atomic E-state index is 2.56. The van der Waals surface area contributed by atoms with Crippen LogP contribution in [0.4, 0.5) is 34.1 Å². The Morgan fingerprint density at radius 1 is 0.141 bits per heavy atom. The lowest BCUT2D eigenvalue weighted by molar-refractivity contribution is 0.768. The van der Waals surface area contributed by atoms with Crippen molar-refractivity contribution in [2.45, 2.75) is 21.7 Å². The third-order valence-corrected chi connectivity index (χ3v) is 29.6. The molecule has 594 valence electrons. The van der Waals surface area contributed by atoms with Gasteiger partial charge in [-0.1, -0.05) is 419 Å². The van der Waals surface area contributed by atoms with Gasteiger partial charge in [0.15, 0.2) is 0 Å². The molecular formula is C126H80N2. The van der Waals surface area contributed by atoms with Gasteiger partial charge in [0.05, 0.1) is 33.0 Å². The fourth-order valence-corrected chi connectivity index (χ4v) is 24.7. The van der Waals surface area contributed by atoms with Gasteiger partial charge in [-0.3, -0.25) is 0 Å². The first-order valence-corrected chi connectivity index (χ1v) is 44.8. The lowest BCUT2D eigenvalue weighted by Crippen LogP contribution is -2.28. The second-order valence-electron chi connectivity index (χ2n) is 35.4. The summed E-state index contributed by atoms with van der Waals surface area (Å²) in [5.41, 5.74) is 44.4. The minimum Gasteiger partial charge on any atom is -0.310 e. The molecule has 2 heteroatoms. The molecule has 0 heterocycles. The molecule has 2 unspecified atom stereocenters. The van der Waals surface area contributed by atoms with Crippen molar-refractivity contribution in [3.8, 4) is 89.0 Å². The van der Waals surface area contributed by atoms with Crippen molar-refractivity contribution in [2.75, 3.05) is 9.80 Å². The topological polar surface area (TPSA) is 6.48 Å². The van der Waals surface area contributed by atoms with Crippen LogP contribution in [0.5, 0.6) is 0 Å². The number of hydrogen-bond donors (Lipinski definition) is 0. The van der Waals surface area contributed by atoms with E-state index in [2.05, 4.69) is 495 Å². The van der Waals surface area contributed by atoms with Gasteiger partial charge in [0.2, 0.25) is 0 Å². The second kappa shape index (κ2) is 27.6. The van der Waals surface area contributed by atoms with E-state index >= 15 is 0 Å². The fraction of sp³-hybridized carbons (Fsp3) is 0.0317. The van der Waals surface area contributed by atoms with Crippen LogP contribution >= 0.6 is 0 Å². The highest BCUT2D eigenvalue weighted by molar-refractivity contribution is 6.07. The molecule has 0 aliphatic heterocycles. The van der Waals surface area contributed by atoms with Crippen LogP contribution in [-0.2, 0) is 21.7 Å². The summed E-state index contributed by atoms with van der Waals surface area (Å²) >= 11 is 0. The fourth-order valence-electron chi connectivity index (χ4n) is 24.7. The normalized spacial score (nSPS) is 15.7. The van der Waals surface area contributed by atoms with Crippen LogP contribution in [0.25, 0.3) is 111 Å². The zero-order valence-corrected chi connectivity index (χ0v) is 70.1. The van der Waals surface area contributed by atoms with E-state index in [4.69, 9.17) is 0 Å². The van der Waals surface area contributed by atoms with E-state index in [1.54, 1.807) is 0 Å². The summed E-state index contributed by atoms with van der Waals surface area (Å²) in [5.74, 6) is 0. The van der Waals surface area contributed by atoms with Crippen molar-refractivity contribution < 1.29 is 0 Å². The van der Waals surface area contributed by atoms with Gasteiger partial charge < -0.3 is 9.80 Å². The summed E-state index contributed by atoms with van der Waals surface area (Å²) in [6.07, 6.45) is 0. The van der Waals surface area contributed by atoms with Gasteiger partial charge in [0.25, 0.3) is 0 Å². The maximum Gasteiger partial charge on any atom is 0.0726 e. The average molecular weight is 1620 g/mol.